The van der Waals surface area contributed by atoms with E-state index in [0.717, 1.165) is 60.5 Å². The maximum Gasteiger partial charge on any atom is 0.322 e. The van der Waals surface area contributed by atoms with E-state index in [2.05, 4.69) is 15.0 Å². The highest BCUT2D eigenvalue weighted by Crippen LogP contribution is 2.25. The van der Waals surface area contributed by atoms with Crippen LogP contribution in [0.25, 0.3) is 10.9 Å². The summed E-state index contributed by atoms with van der Waals surface area (Å²) < 4.78 is 32.7. The van der Waals surface area contributed by atoms with Gasteiger partial charge in [-0.25, -0.2) is 13.1 Å². The lowest BCUT2D eigenvalue weighted by molar-refractivity contribution is -0.138. The topological polar surface area (TPSA) is 121 Å². The van der Waals surface area contributed by atoms with Gasteiger partial charge in [-0.1, -0.05) is 19.8 Å². The number of carbonyl (C=O) groups is 1. The number of hydrogen-bond acceptors (Lipinski definition) is 5. The second kappa shape index (κ2) is 12.4. The molecule has 0 saturated carbocycles. The van der Waals surface area contributed by atoms with Crippen LogP contribution in [0.15, 0.2) is 24.4 Å². The Kier molecular flexibility index (Phi) is 9.58. The number of aromatic nitrogens is 1. The van der Waals surface area contributed by atoms with Crippen LogP contribution in [0.2, 0.25) is 0 Å². The van der Waals surface area contributed by atoms with E-state index in [9.17, 15) is 18.3 Å². The van der Waals surface area contributed by atoms with Gasteiger partial charge in [0.2, 0.25) is 10.0 Å². The van der Waals surface area contributed by atoms with Gasteiger partial charge in [-0.05, 0) is 74.9 Å². The van der Waals surface area contributed by atoms with Crippen molar-refractivity contribution < 1.29 is 23.1 Å². The lowest BCUT2D eigenvalue weighted by Gasteiger charge is -2.22. The maximum absolute atomic E-state index is 12.2. The van der Waals surface area contributed by atoms with Gasteiger partial charge < -0.3 is 20.1 Å². The lowest BCUT2D eigenvalue weighted by Crippen LogP contribution is -2.43. The Bertz CT molecular complexity index is 999. The number of fused-ring (bicyclic) bond motifs is 1. The minimum absolute atomic E-state index is 0.0559. The molecule has 33 heavy (non-hydrogen) atoms. The Balaban J connectivity index is 1.57. The number of carboxylic acid groups (broad SMARTS) is 1. The summed E-state index contributed by atoms with van der Waals surface area (Å²) in [7, 11) is -3.65. The summed E-state index contributed by atoms with van der Waals surface area (Å²) in [5.41, 5.74) is 1.60. The van der Waals surface area contributed by atoms with Crippen molar-refractivity contribution in [3.8, 4) is 5.75 Å². The molecule has 4 N–H and O–H groups in total. The molecule has 1 aromatic heterocycles. The van der Waals surface area contributed by atoms with Crippen molar-refractivity contribution in [2.24, 2.45) is 5.92 Å². The van der Waals surface area contributed by atoms with Crippen LogP contribution in [-0.4, -0.2) is 56.0 Å². The molecule has 8 nitrogen and oxygen atoms in total. The number of H-pyrrole nitrogens is 1. The first-order chi connectivity index (χ1) is 15.9. The van der Waals surface area contributed by atoms with E-state index < -0.39 is 22.0 Å². The van der Waals surface area contributed by atoms with Crippen molar-refractivity contribution in [2.45, 2.75) is 64.3 Å². The van der Waals surface area contributed by atoms with Gasteiger partial charge >= 0.3 is 5.97 Å². The highest BCUT2D eigenvalue weighted by Gasteiger charge is 2.25. The number of piperidine rings is 1. The van der Waals surface area contributed by atoms with Gasteiger partial charge in [-0.2, -0.15) is 0 Å². The normalized spacial score (nSPS) is 16.2. The Labute approximate surface area is 196 Å². The number of unbranched alkanes of at least 4 members (excludes halogenated alkanes) is 2. The van der Waals surface area contributed by atoms with Crippen LogP contribution in [0.1, 0.15) is 57.4 Å². The van der Waals surface area contributed by atoms with Gasteiger partial charge in [0, 0.05) is 23.5 Å². The molecule has 9 heteroatoms. The lowest BCUT2D eigenvalue weighted by atomic mass is 9.93. The molecule has 1 saturated heterocycles. The summed E-state index contributed by atoms with van der Waals surface area (Å²) in [6, 6.07) is 4.49. The third-order valence-corrected chi connectivity index (χ3v) is 7.75. The molecule has 2 aromatic rings. The number of benzene rings is 1. The number of aliphatic carboxylic acids is 1. The number of hydrogen-bond donors (Lipinski definition) is 4. The fourth-order valence-corrected chi connectivity index (χ4v) is 5.73. The molecule has 1 aromatic carbocycles. The Morgan fingerprint density at radius 3 is 2.76 bits per heavy atom. The van der Waals surface area contributed by atoms with Crippen molar-refractivity contribution in [3.63, 3.8) is 0 Å². The monoisotopic (exact) mass is 479 g/mol. The van der Waals surface area contributed by atoms with Crippen LogP contribution >= 0.6 is 0 Å². The molecule has 1 atom stereocenters. The number of ether oxygens (including phenoxy) is 1. The second-order valence-electron chi connectivity index (χ2n) is 8.94. The molecule has 0 bridgehead atoms. The molecular formula is C24H37N3O5S. The predicted octanol–water partition coefficient (Wildman–Crippen LogP) is 3.43. The van der Waals surface area contributed by atoms with Crippen LogP contribution in [0.3, 0.4) is 0 Å². The predicted molar refractivity (Wildman–Crippen MR) is 130 cm³/mol. The van der Waals surface area contributed by atoms with E-state index in [0.29, 0.717) is 13.0 Å². The zero-order valence-corrected chi connectivity index (χ0v) is 20.3. The molecule has 1 aliphatic rings. The van der Waals surface area contributed by atoms with Gasteiger partial charge in [-0.3, -0.25) is 4.79 Å². The zero-order chi connectivity index (χ0) is 23.7. The number of nitrogens with one attached hydrogen (secondary N) is 3. The van der Waals surface area contributed by atoms with Gasteiger partial charge in [0.1, 0.15) is 11.8 Å². The maximum atomic E-state index is 12.2. The number of rotatable bonds is 14. The minimum atomic E-state index is -3.65. The van der Waals surface area contributed by atoms with Gasteiger partial charge in [0.05, 0.1) is 12.4 Å². The second-order valence-corrected chi connectivity index (χ2v) is 10.8. The summed E-state index contributed by atoms with van der Waals surface area (Å²) >= 11 is 0. The summed E-state index contributed by atoms with van der Waals surface area (Å²) in [6.07, 6.45) is 8.94. The molecule has 184 valence electrons. The first-order valence-electron chi connectivity index (χ1n) is 12.0. The first-order valence-corrected chi connectivity index (χ1v) is 13.7. The van der Waals surface area contributed by atoms with Crippen molar-refractivity contribution >= 4 is 26.9 Å². The molecule has 0 aliphatic carbocycles. The van der Waals surface area contributed by atoms with Gasteiger partial charge in [0.25, 0.3) is 0 Å². The molecule has 1 fully saturated rings. The molecule has 3 rings (SSSR count). The van der Waals surface area contributed by atoms with Crippen molar-refractivity contribution in [1.82, 2.24) is 15.0 Å². The standard InChI is InChI=1S/C24H37N3O5S/c1-2-3-14-33(30,31)27-23(24(28)29)15-19-17-26-22-8-7-20(16-21(19)22)32-13-5-4-6-18-9-11-25-12-10-18/h7-8,16-18,23,25-27H,2-6,9-15H2,1H3,(H,28,29)/t23-/m0/s1. The fourth-order valence-electron chi connectivity index (χ4n) is 4.32. The van der Waals surface area contributed by atoms with Crippen molar-refractivity contribution in [3.05, 3.63) is 30.0 Å². The SMILES string of the molecule is CCCCS(=O)(=O)N[C@@H](Cc1c[nH]c2ccc(OCCCCC3CCNCC3)cc12)C(=O)O. The molecule has 1 aliphatic heterocycles. The van der Waals surface area contributed by atoms with E-state index in [-0.39, 0.29) is 12.2 Å². The molecule has 0 unspecified atom stereocenters. The summed E-state index contributed by atoms with van der Waals surface area (Å²) in [4.78, 5) is 14.9. The first kappa shape index (κ1) is 25.5. The summed E-state index contributed by atoms with van der Waals surface area (Å²) in [5, 5.41) is 13.8. The fraction of sp³-hybridized carbons (Fsp3) is 0.625. The highest BCUT2D eigenvalue weighted by molar-refractivity contribution is 7.89. The molecule has 0 spiro atoms. The van der Waals surface area contributed by atoms with Crippen LogP contribution in [-0.2, 0) is 21.2 Å². The molecule has 0 amide bonds. The summed E-state index contributed by atoms with van der Waals surface area (Å²) in [5.74, 6) is 0.300. The van der Waals surface area contributed by atoms with E-state index in [1.54, 1.807) is 6.20 Å². The number of sulfonamides is 1. The Morgan fingerprint density at radius 2 is 2.03 bits per heavy atom. The summed E-state index contributed by atoms with van der Waals surface area (Å²) in [6.45, 7) is 4.79. The van der Waals surface area contributed by atoms with Gasteiger partial charge in [0.15, 0.2) is 0 Å². The van der Waals surface area contributed by atoms with E-state index in [1.165, 1.54) is 19.3 Å². The quantitative estimate of drug-likeness (QED) is 0.308. The third-order valence-electron chi connectivity index (χ3n) is 6.28. The minimum Gasteiger partial charge on any atom is -0.494 e. The van der Waals surface area contributed by atoms with E-state index in [4.69, 9.17) is 4.74 Å². The van der Waals surface area contributed by atoms with E-state index in [1.807, 2.05) is 25.1 Å². The molecular weight excluding hydrogens is 442 g/mol. The average Bonchev–Trinajstić information content (AvgIpc) is 3.19. The van der Waals surface area contributed by atoms with Crippen LogP contribution in [0.5, 0.6) is 5.75 Å². The van der Waals surface area contributed by atoms with Crippen LogP contribution < -0.4 is 14.8 Å². The van der Waals surface area contributed by atoms with Crippen LogP contribution in [0, 0.1) is 5.92 Å². The van der Waals surface area contributed by atoms with Crippen molar-refractivity contribution in [2.75, 3.05) is 25.4 Å². The largest absolute Gasteiger partial charge is 0.494 e. The molecule has 0 radical (unpaired) electrons. The van der Waals surface area contributed by atoms with Crippen molar-refractivity contribution in [1.29, 1.82) is 0 Å². The zero-order valence-electron chi connectivity index (χ0n) is 19.4. The third kappa shape index (κ3) is 8.01. The van der Waals surface area contributed by atoms with E-state index >= 15 is 0 Å². The average molecular weight is 480 g/mol. The van der Waals surface area contributed by atoms with Gasteiger partial charge in [-0.15, -0.1) is 0 Å². The van der Waals surface area contributed by atoms with Crippen LogP contribution in [0.4, 0.5) is 0 Å². The Morgan fingerprint density at radius 1 is 1.24 bits per heavy atom. The Hall–Kier alpha value is -2.10. The number of carboxylic acids is 1. The molecule has 2 heterocycles. The highest BCUT2D eigenvalue weighted by atomic mass is 32.2. The smallest absolute Gasteiger partial charge is 0.322 e. The number of aromatic amines is 1.